The van der Waals surface area contributed by atoms with Crippen LogP contribution in [0.1, 0.15) is 56.4 Å². The number of piperidine rings is 1. The van der Waals surface area contributed by atoms with Crippen molar-refractivity contribution in [2.45, 2.75) is 51.2 Å². The number of fused-ring (bicyclic) bond motifs is 1. The predicted octanol–water partition coefficient (Wildman–Crippen LogP) is 1.30. The Morgan fingerprint density at radius 1 is 1.33 bits per heavy atom. The van der Waals surface area contributed by atoms with Crippen molar-refractivity contribution in [1.82, 2.24) is 19.7 Å². The molecule has 100 valence electrons. The van der Waals surface area contributed by atoms with Crippen molar-refractivity contribution in [3.63, 3.8) is 0 Å². The first kappa shape index (κ1) is 12.1. The molecule has 1 aromatic rings. The number of likely N-dealkylation sites (tertiary alicyclic amines) is 1. The maximum Gasteiger partial charge on any atom is 0.155 e. The van der Waals surface area contributed by atoms with E-state index in [-0.39, 0.29) is 0 Å². The lowest BCUT2D eigenvalue weighted by Gasteiger charge is -2.30. The van der Waals surface area contributed by atoms with Gasteiger partial charge in [-0.1, -0.05) is 6.92 Å². The largest absolute Gasteiger partial charge is 0.372 e. The van der Waals surface area contributed by atoms with E-state index in [0.29, 0.717) is 5.92 Å². The Morgan fingerprint density at radius 2 is 2.22 bits per heavy atom. The van der Waals surface area contributed by atoms with Gasteiger partial charge < -0.3 is 10.0 Å². The molecule has 1 fully saturated rings. The second-order valence-electron chi connectivity index (χ2n) is 5.44. The Kier molecular flexibility index (Phi) is 3.35. The van der Waals surface area contributed by atoms with Crippen molar-refractivity contribution in [3.05, 3.63) is 11.6 Å². The average molecular weight is 250 g/mol. The van der Waals surface area contributed by atoms with E-state index in [1.807, 2.05) is 0 Å². The maximum atomic E-state index is 9.92. The number of aliphatic hydroxyl groups excluding tert-OH is 1. The quantitative estimate of drug-likeness (QED) is 0.859. The van der Waals surface area contributed by atoms with Crippen LogP contribution in [0.2, 0.25) is 0 Å². The van der Waals surface area contributed by atoms with Crippen molar-refractivity contribution >= 4 is 0 Å². The summed E-state index contributed by atoms with van der Waals surface area (Å²) in [5.74, 6) is 2.37. The number of hydrogen-bond donors (Lipinski definition) is 1. The molecule has 2 atom stereocenters. The summed E-state index contributed by atoms with van der Waals surface area (Å²) in [7, 11) is 0. The Morgan fingerprint density at radius 3 is 3.00 bits per heavy atom. The molecule has 2 aliphatic heterocycles. The molecule has 5 heteroatoms. The molecule has 1 aromatic heterocycles. The van der Waals surface area contributed by atoms with Gasteiger partial charge in [0.2, 0.25) is 0 Å². The van der Waals surface area contributed by atoms with E-state index in [9.17, 15) is 5.11 Å². The molecular formula is C13H22N4O. The molecule has 1 saturated heterocycles. The van der Waals surface area contributed by atoms with E-state index in [4.69, 9.17) is 0 Å². The molecule has 0 aromatic carbocycles. The van der Waals surface area contributed by atoms with Crippen LogP contribution in [0.3, 0.4) is 0 Å². The highest BCUT2D eigenvalue weighted by atomic mass is 16.3. The zero-order valence-corrected chi connectivity index (χ0v) is 11.0. The van der Waals surface area contributed by atoms with E-state index < -0.39 is 6.23 Å². The molecule has 0 spiro atoms. The van der Waals surface area contributed by atoms with Crippen LogP contribution >= 0.6 is 0 Å². The normalized spacial score (nSPS) is 29.2. The van der Waals surface area contributed by atoms with E-state index in [2.05, 4.69) is 21.9 Å². The fourth-order valence-corrected chi connectivity index (χ4v) is 3.07. The molecule has 3 rings (SSSR count). The van der Waals surface area contributed by atoms with Gasteiger partial charge in [-0.05, 0) is 38.8 Å². The molecule has 0 radical (unpaired) electrons. The van der Waals surface area contributed by atoms with Gasteiger partial charge in [0.25, 0.3) is 0 Å². The molecule has 1 N–H and O–H groups in total. The van der Waals surface area contributed by atoms with Gasteiger partial charge in [-0.25, -0.2) is 9.67 Å². The third-order valence-electron chi connectivity index (χ3n) is 4.18. The van der Waals surface area contributed by atoms with Crippen LogP contribution in [0.25, 0.3) is 0 Å². The zero-order chi connectivity index (χ0) is 12.5. The van der Waals surface area contributed by atoms with Crippen molar-refractivity contribution in [3.8, 4) is 0 Å². The first-order chi connectivity index (χ1) is 8.78. The summed E-state index contributed by atoms with van der Waals surface area (Å²) in [5, 5.41) is 14.5. The second-order valence-corrected chi connectivity index (χ2v) is 5.44. The Balaban J connectivity index is 1.80. The number of likely N-dealkylation sites (N-methyl/N-ethyl adjacent to an activating group) is 1. The Hall–Kier alpha value is -0.940. The van der Waals surface area contributed by atoms with Gasteiger partial charge in [-0.2, -0.15) is 5.10 Å². The van der Waals surface area contributed by atoms with Crippen molar-refractivity contribution in [2.24, 2.45) is 0 Å². The lowest BCUT2D eigenvalue weighted by Crippen LogP contribution is -2.34. The van der Waals surface area contributed by atoms with Gasteiger partial charge in [-0.3, -0.25) is 0 Å². The summed E-state index contributed by atoms with van der Waals surface area (Å²) in [4.78, 5) is 7.12. The van der Waals surface area contributed by atoms with Gasteiger partial charge in [0.05, 0.1) is 0 Å². The first-order valence-corrected chi connectivity index (χ1v) is 7.13. The fourth-order valence-electron chi connectivity index (χ4n) is 3.07. The van der Waals surface area contributed by atoms with Crippen molar-refractivity contribution < 1.29 is 5.11 Å². The summed E-state index contributed by atoms with van der Waals surface area (Å²) in [6.45, 7) is 5.57. The minimum Gasteiger partial charge on any atom is -0.372 e. The topological polar surface area (TPSA) is 54.2 Å². The fraction of sp³-hybridized carbons (Fsp3) is 0.846. The molecule has 0 aliphatic carbocycles. The highest BCUT2D eigenvalue weighted by Gasteiger charge is 2.27. The van der Waals surface area contributed by atoms with Gasteiger partial charge in [0, 0.05) is 18.9 Å². The van der Waals surface area contributed by atoms with Crippen LogP contribution in [0.4, 0.5) is 0 Å². The molecule has 5 nitrogen and oxygen atoms in total. The molecular weight excluding hydrogens is 228 g/mol. The molecule has 0 saturated carbocycles. The van der Waals surface area contributed by atoms with Gasteiger partial charge in [0.15, 0.2) is 5.82 Å². The van der Waals surface area contributed by atoms with Crippen LogP contribution in [-0.2, 0) is 6.42 Å². The molecule has 2 unspecified atom stereocenters. The Labute approximate surface area is 108 Å². The molecule has 18 heavy (non-hydrogen) atoms. The highest BCUT2D eigenvalue weighted by Crippen LogP contribution is 2.27. The number of aromatic nitrogens is 3. The summed E-state index contributed by atoms with van der Waals surface area (Å²) in [5.41, 5.74) is 0. The lowest BCUT2D eigenvalue weighted by atomic mass is 9.97. The second kappa shape index (κ2) is 4.97. The Bertz CT molecular complexity index is 417. The van der Waals surface area contributed by atoms with E-state index >= 15 is 0 Å². The van der Waals surface area contributed by atoms with Crippen LogP contribution in [-0.4, -0.2) is 44.4 Å². The van der Waals surface area contributed by atoms with E-state index in [1.165, 1.54) is 19.4 Å². The number of nitrogens with zero attached hydrogens (tertiary/aromatic N) is 4. The molecule has 0 bridgehead atoms. The minimum atomic E-state index is -0.458. The van der Waals surface area contributed by atoms with Gasteiger partial charge in [-0.15, -0.1) is 0 Å². The first-order valence-electron chi connectivity index (χ1n) is 7.13. The third-order valence-corrected chi connectivity index (χ3v) is 4.18. The van der Waals surface area contributed by atoms with Crippen molar-refractivity contribution in [2.75, 3.05) is 19.6 Å². The zero-order valence-electron chi connectivity index (χ0n) is 11.0. The molecule has 2 aliphatic rings. The molecule has 0 amide bonds. The lowest BCUT2D eigenvalue weighted by molar-refractivity contribution is 0.0640. The number of hydrogen-bond acceptors (Lipinski definition) is 4. The van der Waals surface area contributed by atoms with E-state index in [1.54, 1.807) is 4.68 Å². The number of aryl methyl sites for hydroxylation is 1. The summed E-state index contributed by atoms with van der Waals surface area (Å²) in [6, 6.07) is 0. The average Bonchev–Trinajstić information content (AvgIpc) is 2.84. The SMILES string of the molecule is CCN1CCCC(c2nc3n(n2)C(O)CCC3)C1. The standard InChI is InChI=1S/C13H22N4O/c1-2-16-8-4-5-10(9-16)13-14-11-6-3-7-12(18)17(11)15-13/h10,12,18H,2-9H2,1H3. The van der Waals surface area contributed by atoms with Crippen LogP contribution in [0, 0.1) is 0 Å². The number of rotatable bonds is 2. The van der Waals surface area contributed by atoms with Crippen LogP contribution in [0.5, 0.6) is 0 Å². The highest BCUT2D eigenvalue weighted by molar-refractivity contribution is 5.04. The number of aliphatic hydroxyl groups is 1. The van der Waals surface area contributed by atoms with Gasteiger partial charge in [0.1, 0.15) is 12.1 Å². The van der Waals surface area contributed by atoms with E-state index in [0.717, 1.165) is 44.0 Å². The monoisotopic (exact) mass is 250 g/mol. The van der Waals surface area contributed by atoms with Crippen molar-refractivity contribution in [1.29, 1.82) is 0 Å². The third kappa shape index (κ3) is 2.17. The summed E-state index contributed by atoms with van der Waals surface area (Å²) in [6.07, 6.45) is 4.72. The summed E-state index contributed by atoms with van der Waals surface area (Å²) < 4.78 is 1.74. The summed E-state index contributed by atoms with van der Waals surface area (Å²) >= 11 is 0. The smallest absolute Gasteiger partial charge is 0.155 e. The maximum absolute atomic E-state index is 9.92. The van der Waals surface area contributed by atoms with Crippen LogP contribution < -0.4 is 0 Å². The van der Waals surface area contributed by atoms with Crippen LogP contribution in [0.15, 0.2) is 0 Å². The van der Waals surface area contributed by atoms with Gasteiger partial charge >= 0.3 is 0 Å². The minimum absolute atomic E-state index is 0.448. The molecule has 3 heterocycles. The predicted molar refractivity (Wildman–Crippen MR) is 68.3 cm³/mol.